The van der Waals surface area contributed by atoms with E-state index in [1.165, 1.54) is 16.4 Å². The van der Waals surface area contributed by atoms with Crippen LogP contribution in [0.5, 0.6) is 0 Å². The van der Waals surface area contributed by atoms with E-state index in [1.807, 2.05) is 32.9 Å². The maximum absolute atomic E-state index is 13.1. The molecule has 33 heavy (non-hydrogen) atoms. The van der Waals surface area contributed by atoms with E-state index >= 15 is 0 Å². The number of hydrogen-bond donors (Lipinski definition) is 1. The summed E-state index contributed by atoms with van der Waals surface area (Å²) < 4.78 is 33.0. The van der Waals surface area contributed by atoms with Crippen LogP contribution in [-0.4, -0.2) is 41.9 Å². The van der Waals surface area contributed by atoms with Crippen LogP contribution >= 0.6 is 0 Å². The number of amides is 1. The number of nitrogens with one attached hydrogen (secondary N) is 1. The van der Waals surface area contributed by atoms with Gasteiger partial charge in [0, 0.05) is 24.6 Å². The van der Waals surface area contributed by atoms with Crippen LogP contribution in [0.2, 0.25) is 0 Å². The highest BCUT2D eigenvalue weighted by atomic mass is 32.2. The molecule has 2 aromatic carbocycles. The molecule has 1 aromatic heterocycles. The summed E-state index contributed by atoms with van der Waals surface area (Å²) in [6.07, 6.45) is 2.74. The predicted octanol–water partition coefficient (Wildman–Crippen LogP) is 4.60. The van der Waals surface area contributed by atoms with Crippen molar-refractivity contribution >= 4 is 21.6 Å². The zero-order chi connectivity index (χ0) is 23.6. The monoisotopic (exact) mass is 468 g/mol. The first kappa shape index (κ1) is 23.1. The SMILES string of the molecule is Cc1cccc(-c2nc(C(C)C)no2)c1NC(=O)c1cccc(S(=O)(=O)N2CCCCC2)c1. The number of carbonyl (C=O) groups is 1. The van der Waals surface area contributed by atoms with Crippen LogP contribution in [0, 0.1) is 6.92 Å². The summed E-state index contributed by atoms with van der Waals surface area (Å²) >= 11 is 0. The van der Waals surface area contributed by atoms with E-state index in [4.69, 9.17) is 4.52 Å². The number of sulfonamides is 1. The van der Waals surface area contributed by atoms with Gasteiger partial charge in [-0.15, -0.1) is 0 Å². The van der Waals surface area contributed by atoms with Crippen molar-refractivity contribution in [2.45, 2.75) is 50.8 Å². The van der Waals surface area contributed by atoms with Gasteiger partial charge in [0.1, 0.15) is 0 Å². The lowest BCUT2D eigenvalue weighted by Crippen LogP contribution is -2.35. The number of anilines is 1. The van der Waals surface area contributed by atoms with Gasteiger partial charge in [-0.1, -0.05) is 43.6 Å². The van der Waals surface area contributed by atoms with Crippen molar-refractivity contribution < 1.29 is 17.7 Å². The predicted molar refractivity (Wildman–Crippen MR) is 126 cm³/mol. The number of aryl methyl sites for hydroxylation is 1. The van der Waals surface area contributed by atoms with E-state index in [0.29, 0.717) is 36.1 Å². The molecule has 174 valence electrons. The number of aromatic nitrogens is 2. The van der Waals surface area contributed by atoms with Gasteiger partial charge in [-0.25, -0.2) is 8.42 Å². The zero-order valence-corrected chi connectivity index (χ0v) is 19.9. The van der Waals surface area contributed by atoms with Crippen LogP contribution in [0.4, 0.5) is 5.69 Å². The molecule has 0 unspecified atom stereocenters. The fraction of sp³-hybridized carbons (Fsp3) is 0.375. The molecule has 1 N–H and O–H groups in total. The van der Waals surface area contributed by atoms with E-state index in [9.17, 15) is 13.2 Å². The number of piperidine rings is 1. The van der Waals surface area contributed by atoms with Crippen molar-refractivity contribution in [3.63, 3.8) is 0 Å². The van der Waals surface area contributed by atoms with Crippen molar-refractivity contribution in [3.05, 3.63) is 59.4 Å². The highest BCUT2D eigenvalue weighted by Gasteiger charge is 2.27. The molecule has 4 rings (SSSR count). The summed E-state index contributed by atoms with van der Waals surface area (Å²) in [5, 5.41) is 6.93. The van der Waals surface area contributed by atoms with Gasteiger partial charge in [-0.05, 0) is 49.6 Å². The third kappa shape index (κ3) is 4.84. The number of benzene rings is 2. The lowest BCUT2D eigenvalue weighted by molar-refractivity contribution is 0.102. The first-order valence-corrected chi connectivity index (χ1v) is 12.6. The first-order chi connectivity index (χ1) is 15.8. The number of rotatable bonds is 6. The molecule has 1 aliphatic heterocycles. The highest BCUT2D eigenvalue weighted by Crippen LogP contribution is 2.31. The maximum Gasteiger partial charge on any atom is 0.260 e. The Balaban J connectivity index is 1.62. The second-order valence-corrected chi connectivity index (χ2v) is 10.5. The minimum absolute atomic E-state index is 0.106. The molecule has 9 heteroatoms. The molecule has 1 amide bonds. The minimum atomic E-state index is -3.64. The average molecular weight is 469 g/mol. The van der Waals surface area contributed by atoms with Gasteiger partial charge in [-0.2, -0.15) is 9.29 Å². The lowest BCUT2D eigenvalue weighted by Gasteiger charge is -2.26. The topological polar surface area (TPSA) is 105 Å². The molecule has 2 heterocycles. The summed E-state index contributed by atoms with van der Waals surface area (Å²) in [7, 11) is -3.64. The summed E-state index contributed by atoms with van der Waals surface area (Å²) in [5.74, 6) is 0.596. The maximum atomic E-state index is 13.1. The minimum Gasteiger partial charge on any atom is -0.334 e. The fourth-order valence-corrected chi connectivity index (χ4v) is 5.39. The van der Waals surface area contributed by atoms with Gasteiger partial charge in [0.2, 0.25) is 10.0 Å². The lowest BCUT2D eigenvalue weighted by atomic mass is 10.1. The quantitative estimate of drug-likeness (QED) is 0.567. The van der Waals surface area contributed by atoms with E-state index < -0.39 is 15.9 Å². The third-order valence-electron chi connectivity index (χ3n) is 5.75. The summed E-state index contributed by atoms with van der Waals surface area (Å²) in [4.78, 5) is 17.7. The number of hydrogen-bond acceptors (Lipinski definition) is 6. The van der Waals surface area contributed by atoms with Gasteiger partial charge in [0.15, 0.2) is 5.82 Å². The van der Waals surface area contributed by atoms with Crippen LogP contribution in [-0.2, 0) is 10.0 Å². The Morgan fingerprint density at radius 3 is 2.52 bits per heavy atom. The number of carbonyl (C=O) groups excluding carboxylic acids is 1. The van der Waals surface area contributed by atoms with E-state index in [0.717, 1.165) is 24.8 Å². The van der Waals surface area contributed by atoms with Crippen LogP contribution in [0.1, 0.15) is 60.8 Å². The fourth-order valence-electron chi connectivity index (χ4n) is 3.83. The Labute approximate surface area is 194 Å². The normalized spacial score (nSPS) is 15.0. The third-order valence-corrected chi connectivity index (χ3v) is 7.64. The Morgan fingerprint density at radius 2 is 1.82 bits per heavy atom. The molecule has 8 nitrogen and oxygen atoms in total. The summed E-state index contributed by atoms with van der Waals surface area (Å²) in [6.45, 7) is 6.83. The Hall–Kier alpha value is -3.04. The highest BCUT2D eigenvalue weighted by molar-refractivity contribution is 7.89. The van der Waals surface area contributed by atoms with E-state index in [-0.39, 0.29) is 16.4 Å². The van der Waals surface area contributed by atoms with Gasteiger partial charge in [-0.3, -0.25) is 4.79 Å². The molecular formula is C24H28N4O4S. The first-order valence-electron chi connectivity index (χ1n) is 11.1. The molecule has 1 aliphatic rings. The summed E-state index contributed by atoms with van der Waals surface area (Å²) in [5.41, 5.74) is 2.24. The molecule has 0 saturated carbocycles. The Kier molecular flexibility index (Phi) is 6.62. The molecule has 1 fully saturated rings. The second kappa shape index (κ2) is 9.44. The van der Waals surface area contributed by atoms with Gasteiger partial charge < -0.3 is 9.84 Å². The number of para-hydroxylation sites is 1. The Morgan fingerprint density at radius 1 is 1.09 bits per heavy atom. The molecular weight excluding hydrogens is 440 g/mol. The van der Waals surface area contributed by atoms with Gasteiger partial charge in [0.25, 0.3) is 11.8 Å². The molecule has 0 aliphatic carbocycles. The summed E-state index contributed by atoms with van der Waals surface area (Å²) in [6, 6.07) is 11.7. The molecule has 0 spiro atoms. The van der Waals surface area contributed by atoms with Crippen LogP contribution in [0.25, 0.3) is 11.5 Å². The standard InChI is InChI=1S/C24H28N4O4S/c1-16(2)22-26-24(32-27-22)20-12-7-9-17(3)21(20)25-23(29)18-10-8-11-19(15-18)33(30,31)28-13-5-4-6-14-28/h7-12,15-16H,4-6,13-14H2,1-3H3,(H,25,29). The van der Waals surface area contributed by atoms with Crippen LogP contribution < -0.4 is 5.32 Å². The largest absolute Gasteiger partial charge is 0.334 e. The molecule has 3 aromatic rings. The second-order valence-electron chi connectivity index (χ2n) is 8.56. The number of nitrogens with zero attached hydrogens (tertiary/aromatic N) is 3. The van der Waals surface area contributed by atoms with Gasteiger partial charge >= 0.3 is 0 Å². The van der Waals surface area contributed by atoms with Crippen molar-refractivity contribution in [3.8, 4) is 11.5 Å². The van der Waals surface area contributed by atoms with E-state index in [2.05, 4.69) is 15.5 Å². The molecule has 0 radical (unpaired) electrons. The average Bonchev–Trinajstić information content (AvgIpc) is 3.31. The molecule has 1 saturated heterocycles. The smallest absolute Gasteiger partial charge is 0.260 e. The van der Waals surface area contributed by atoms with Crippen molar-refractivity contribution in [2.24, 2.45) is 0 Å². The van der Waals surface area contributed by atoms with Crippen molar-refractivity contribution in [1.82, 2.24) is 14.4 Å². The van der Waals surface area contributed by atoms with Crippen LogP contribution in [0.15, 0.2) is 51.9 Å². The zero-order valence-electron chi connectivity index (χ0n) is 19.0. The van der Waals surface area contributed by atoms with Crippen molar-refractivity contribution in [2.75, 3.05) is 18.4 Å². The van der Waals surface area contributed by atoms with Gasteiger partial charge in [0.05, 0.1) is 16.1 Å². The molecule has 0 atom stereocenters. The molecule has 0 bridgehead atoms. The Bertz CT molecular complexity index is 1260. The van der Waals surface area contributed by atoms with Crippen molar-refractivity contribution in [1.29, 1.82) is 0 Å². The van der Waals surface area contributed by atoms with Crippen LogP contribution in [0.3, 0.4) is 0 Å². The van der Waals surface area contributed by atoms with E-state index in [1.54, 1.807) is 18.2 Å².